The van der Waals surface area contributed by atoms with E-state index >= 15 is 0 Å². The number of nitrogens with one attached hydrogen (secondary N) is 1. The van der Waals surface area contributed by atoms with Crippen molar-refractivity contribution in [2.45, 2.75) is 17.4 Å². The summed E-state index contributed by atoms with van der Waals surface area (Å²) < 4.78 is 37.6. The lowest BCUT2D eigenvalue weighted by molar-refractivity contribution is -0.148. The molecule has 0 unspecified atom stereocenters. The SMILES string of the molecule is CCOC(=O)[C@]1(C#Cc2cccc(OC)c2)NS(=O)(=O)c2ccccc21. The minimum Gasteiger partial charge on any atom is -0.497 e. The first-order chi connectivity index (χ1) is 12.4. The van der Waals surface area contributed by atoms with Crippen molar-refractivity contribution in [2.24, 2.45) is 0 Å². The van der Waals surface area contributed by atoms with Crippen LogP contribution >= 0.6 is 0 Å². The first kappa shape index (κ1) is 18.0. The smallest absolute Gasteiger partial charge is 0.344 e. The molecule has 1 aliphatic heterocycles. The fraction of sp³-hybridized carbons (Fsp3) is 0.211. The van der Waals surface area contributed by atoms with Crippen molar-refractivity contribution in [1.82, 2.24) is 4.72 Å². The average Bonchev–Trinajstić information content (AvgIpc) is 2.89. The van der Waals surface area contributed by atoms with E-state index in [0.29, 0.717) is 11.3 Å². The first-order valence-corrected chi connectivity index (χ1v) is 9.39. The first-order valence-electron chi connectivity index (χ1n) is 7.91. The average molecular weight is 371 g/mol. The second kappa shape index (κ2) is 6.83. The number of sulfonamides is 1. The minimum atomic E-state index is -3.87. The molecule has 2 aromatic carbocycles. The summed E-state index contributed by atoms with van der Waals surface area (Å²) in [4.78, 5) is 12.7. The second-order valence-corrected chi connectivity index (χ2v) is 7.20. The summed E-state index contributed by atoms with van der Waals surface area (Å²) in [5, 5.41) is 0. The molecule has 1 N–H and O–H groups in total. The summed E-state index contributed by atoms with van der Waals surface area (Å²) in [6, 6.07) is 13.2. The van der Waals surface area contributed by atoms with Crippen LogP contribution in [0.1, 0.15) is 18.1 Å². The van der Waals surface area contributed by atoms with Gasteiger partial charge in [-0.2, -0.15) is 4.72 Å². The van der Waals surface area contributed by atoms with Crippen molar-refractivity contribution in [1.29, 1.82) is 0 Å². The van der Waals surface area contributed by atoms with E-state index in [2.05, 4.69) is 16.6 Å². The molecule has 134 valence electrons. The molecule has 6 nitrogen and oxygen atoms in total. The van der Waals surface area contributed by atoms with E-state index in [1.165, 1.54) is 13.2 Å². The Morgan fingerprint density at radius 1 is 1.19 bits per heavy atom. The van der Waals surface area contributed by atoms with Crippen molar-refractivity contribution < 1.29 is 22.7 Å². The molecule has 2 aromatic rings. The van der Waals surface area contributed by atoms with E-state index in [1.807, 2.05) is 0 Å². The van der Waals surface area contributed by atoms with Crippen LogP contribution in [0.3, 0.4) is 0 Å². The van der Waals surface area contributed by atoms with Crippen molar-refractivity contribution in [3.63, 3.8) is 0 Å². The van der Waals surface area contributed by atoms with E-state index < -0.39 is 21.5 Å². The number of hydrogen-bond donors (Lipinski definition) is 1. The van der Waals surface area contributed by atoms with Gasteiger partial charge in [0.05, 0.1) is 18.6 Å². The molecule has 3 rings (SSSR count). The molecule has 1 atom stereocenters. The molecule has 7 heteroatoms. The van der Waals surface area contributed by atoms with Crippen LogP contribution in [0, 0.1) is 11.8 Å². The Bertz CT molecular complexity index is 1020. The fourth-order valence-electron chi connectivity index (χ4n) is 2.72. The number of fused-ring (bicyclic) bond motifs is 1. The molecular formula is C19H17NO5S. The Morgan fingerprint density at radius 3 is 2.69 bits per heavy atom. The Balaban J connectivity index is 2.17. The lowest BCUT2D eigenvalue weighted by Gasteiger charge is -2.20. The Morgan fingerprint density at radius 2 is 1.96 bits per heavy atom. The normalized spacial score (nSPS) is 19.8. The van der Waals surface area contributed by atoms with Gasteiger partial charge in [0.1, 0.15) is 5.75 Å². The van der Waals surface area contributed by atoms with E-state index in [0.717, 1.165) is 0 Å². The van der Waals surface area contributed by atoms with Crippen LogP contribution in [0.25, 0.3) is 0 Å². The predicted molar refractivity (Wildman–Crippen MR) is 94.9 cm³/mol. The predicted octanol–water partition coefficient (Wildman–Crippen LogP) is 1.80. The molecule has 0 radical (unpaired) electrons. The highest BCUT2D eigenvalue weighted by Gasteiger charge is 2.52. The highest BCUT2D eigenvalue weighted by molar-refractivity contribution is 7.90. The van der Waals surface area contributed by atoms with Gasteiger partial charge in [-0.05, 0) is 31.2 Å². The molecule has 0 bridgehead atoms. The highest BCUT2D eigenvalue weighted by atomic mass is 32.2. The Labute approximate surface area is 152 Å². The van der Waals surface area contributed by atoms with Gasteiger partial charge in [0, 0.05) is 11.1 Å². The minimum absolute atomic E-state index is 0.0213. The van der Waals surface area contributed by atoms with Gasteiger partial charge in [-0.3, -0.25) is 0 Å². The Kier molecular flexibility index (Phi) is 4.72. The van der Waals surface area contributed by atoms with Gasteiger partial charge in [-0.25, -0.2) is 13.2 Å². The van der Waals surface area contributed by atoms with E-state index in [1.54, 1.807) is 49.4 Å². The number of rotatable bonds is 3. The maximum atomic E-state index is 12.7. The monoisotopic (exact) mass is 371 g/mol. The molecule has 1 aliphatic rings. The zero-order valence-corrected chi connectivity index (χ0v) is 15.1. The number of esters is 1. The van der Waals surface area contributed by atoms with Crippen LogP contribution in [0.5, 0.6) is 5.75 Å². The third-order valence-electron chi connectivity index (χ3n) is 3.91. The zero-order valence-electron chi connectivity index (χ0n) is 14.3. The summed E-state index contributed by atoms with van der Waals surface area (Å²) in [7, 11) is -2.34. The molecule has 0 saturated heterocycles. The number of ether oxygens (including phenoxy) is 2. The van der Waals surface area contributed by atoms with Gasteiger partial charge in [0.15, 0.2) is 0 Å². The van der Waals surface area contributed by atoms with Gasteiger partial charge < -0.3 is 9.47 Å². The lowest BCUT2D eigenvalue weighted by atomic mass is 9.91. The van der Waals surface area contributed by atoms with E-state index in [4.69, 9.17) is 9.47 Å². The van der Waals surface area contributed by atoms with Gasteiger partial charge in [0.2, 0.25) is 15.6 Å². The van der Waals surface area contributed by atoms with Crippen LogP contribution in [-0.2, 0) is 25.1 Å². The topological polar surface area (TPSA) is 81.7 Å². The fourth-order valence-corrected chi connectivity index (χ4v) is 4.25. The molecule has 0 aromatic heterocycles. The third kappa shape index (κ3) is 3.05. The van der Waals surface area contributed by atoms with Gasteiger partial charge >= 0.3 is 5.97 Å². The van der Waals surface area contributed by atoms with E-state index in [-0.39, 0.29) is 17.1 Å². The number of carbonyl (C=O) groups is 1. The van der Waals surface area contributed by atoms with Crippen LogP contribution in [-0.4, -0.2) is 28.1 Å². The molecule has 0 amide bonds. The van der Waals surface area contributed by atoms with Crippen LogP contribution in [0.15, 0.2) is 53.4 Å². The van der Waals surface area contributed by atoms with Gasteiger partial charge in [-0.1, -0.05) is 36.1 Å². The summed E-state index contributed by atoms with van der Waals surface area (Å²) in [5.41, 5.74) is -0.945. The number of methoxy groups -OCH3 is 1. The van der Waals surface area contributed by atoms with Crippen molar-refractivity contribution in [3.8, 4) is 17.6 Å². The molecule has 0 saturated carbocycles. The molecular weight excluding hydrogens is 354 g/mol. The summed E-state index contributed by atoms with van der Waals surface area (Å²) in [6.45, 7) is 1.75. The van der Waals surface area contributed by atoms with Crippen molar-refractivity contribution in [2.75, 3.05) is 13.7 Å². The van der Waals surface area contributed by atoms with Crippen molar-refractivity contribution >= 4 is 16.0 Å². The second-order valence-electron chi connectivity index (χ2n) is 5.55. The third-order valence-corrected chi connectivity index (χ3v) is 5.42. The number of benzene rings is 2. The molecule has 0 spiro atoms. The largest absolute Gasteiger partial charge is 0.497 e. The summed E-state index contributed by atoms with van der Waals surface area (Å²) in [5.74, 6) is 5.50. The maximum absolute atomic E-state index is 12.7. The molecule has 0 aliphatic carbocycles. The quantitative estimate of drug-likeness (QED) is 0.657. The van der Waals surface area contributed by atoms with Gasteiger partial charge in [-0.15, -0.1) is 0 Å². The van der Waals surface area contributed by atoms with Gasteiger partial charge in [0.25, 0.3) is 0 Å². The number of hydrogen-bond acceptors (Lipinski definition) is 5. The van der Waals surface area contributed by atoms with Crippen LogP contribution in [0.2, 0.25) is 0 Å². The maximum Gasteiger partial charge on any atom is 0.344 e. The number of carbonyl (C=O) groups excluding carboxylic acids is 1. The van der Waals surface area contributed by atoms with Crippen LogP contribution < -0.4 is 9.46 Å². The Hall–Kier alpha value is -2.82. The van der Waals surface area contributed by atoms with E-state index in [9.17, 15) is 13.2 Å². The molecule has 0 fully saturated rings. The lowest BCUT2D eigenvalue weighted by Crippen LogP contribution is -2.46. The summed E-state index contributed by atoms with van der Waals surface area (Å²) >= 11 is 0. The standard InChI is InChI=1S/C19H17NO5S/c1-3-25-18(21)19(12-11-14-7-6-8-15(13-14)24-2)16-9-4-5-10-17(16)26(22,23)20-19/h4-10,13,20H,3H2,1-2H3/t19-/m1/s1. The zero-order chi connectivity index (χ0) is 18.8. The summed E-state index contributed by atoms with van der Waals surface area (Å²) in [6.07, 6.45) is 0. The van der Waals surface area contributed by atoms with Crippen molar-refractivity contribution in [3.05, 3.63) is 59.7 Å². The molecule has 1 heterocycles. The highest BCUT2D eigenvalue weighted by Crippen LogP contribution is 2.36. The molecule has 26 heavy (non-hydrogen) atoms. The van der Waals surface area contributed by atoms with Crippen LogP contribution in [0.4, 0.5) is 0 Å².